The van der Waals surface area contributed by atoms with Crippen molar-refractivity contribution in [2.45, 2.75) is 6.42 Å². The maximum atomic E-state index is 12.0. The number of hydrogen-bond donors (Lipinski definition) is 0. The number of nitrogens with zero attached hydrogens (tertiary/aromatic N) is 1. The molecule has 2 rings (SSSR count). The van der Waals surface area contributed by atoms with Crippen LogP contribution < -0.4 is 0 Å². The fourth-order valence-electron chi connectivity index (χ4n) is 1.71. The van der Waals surface area contributed by atoms with Gasteiger partial charge >= 0.3 is 0 Å². The van der Waals surface area contributed by atoms with Crippen molar-refractivity contribution >= 4 is 23.1 Å². The summed E-state index contributed by atoms with van der Waals surface area (Å²) in [6.45, 7) is 0. The molecule has 0 heterocycles. The van der Waals surface area contributed by atoms with E-state index < -0.39 is 4.92 Å². The lowest BCUT2D eigenvalue weighted by Gasteiger charge is -2.02. The van der Waals surface area contributed by atoms with E-state index in [0.717, 1.165) is 5.56 Å². The Morgan fingerprint density at radius 3 is 2.47 bits per heavy atom. The first-order chi connectivity index (χ1) is 9.08. The van der Waals surface area contributed by atoms with Gasteiger partial charge in [-0.05, 0) is 17.7 Å². The Hall–Kier alpha value is -2.20. The standard InChI is InChI=1S/C14H10ClNO3/c15-12-7-6-11(9-13(12)16(18)19)14(17)8-10-4-2-1-3-5-10/h1-7,9H,8H2. The Morgan fingerprint density at radius 2 is 1.84 bits per heavy atom. The summed E-state index contributed by atoms with van der Waals surface area (Å²) in [5, 5.41) is 10.8. The molecular formula is C14H10ClNO3. The van der Waals surface area contributed by atoms with Gasteiger partial charge in [-0.3, -0.25) is 14.9 Å². The van der Waals surface area contributed by atoms with Crippen molar-refractivity contribution in [3.05, 3.63) is 74.8 Å². The molecule has 0 atom stereocenters. The first kappa shape index (κ1) is 13.2. The van der Waals surface area contributed by atoms with E-state index in [1.165, 1.54) is 18.2 Å². The fourth-order valence-corrected chi connectivity index (χ4v) is 1.90. The van der Waals surface area contributed by atoms with Gasteiger partial charge in [-0.25, -0.2) is 0 Å². The Balaban J connectivity index is 2.25. The summed E-state index contributed by atoms with van der Waals surface area (Å²) < 4.78 is 0. The van der Waals surface area contributed by atoms with Crippen molar-refractivity contribution in [1.29, 1.82) is 0 Å². The molecule has 19 heavy (non-hydrogen) atoms. The van der Waals surface area contributed by atoms with Crippen LogP contribution >= 0.6 is 11.6 Å². The third-order valence-electron chi connectivity index (χ3n) is 2.67. The van der Waals surface area contributed by atoms with Gasteiger partial charge in [0.05, 0.1) is 4.92 Å². The summed E-state index contributed by atoms with van der Waals surface area (Å²) in [4.78, 5) is 22.2. The van der Waals surface area contributed by atoms with E-state index in [4.69, 9.17) is 11.6 Å². The third kappa shape index (κ3) is 3.17. The Labute approximate surface area is 114 Å². The lowest BCUT2D eigenvalue weighted by atomic mass is 10.0. The molecule has 0 amide bonds. The molecule has 0 N–H and O–H groups in total. The van der Waals surface area contributed by atoms with E-state index >= 15 is 0 Å². The second-order valence-corrected chi connectivity index (χ2v) is 4.42. The molecule has 0 aliphatic heterocycles. The molecule has 2 aromatic carbocycles. The van der Waals surface area contributed by atoms with Gasteiger partial charge in [0.25, 0.3) is 5.69 Å². The highest BCUT2D eigenvalue weighted by atomic mass is 35.5. The van der Waals surface area contributed by atoms with E-state index in [0.29, 0.717) is 5.56 Å². The molecule has 0 aromatic heterocycles. The SMILES string of the molecule is O=C(Cc1ccccc1)c1ccc(Cl)c([N+](=O)[O-])c1. The molecule has 96 valence electrons. The fraction of sp³-hybridized carbons (Fsp3) is 0.0714. The highest BCUT2D eigenvalue weighted by Crippen LogP contribution is 2.25. The number of carbonyl (C=O) groups is 1. The molecular weight excluding hydrogens is 266 g/mol. The number of rotatable bonds is 4. The van der Waals surface area contributed by atoms with Gasteiger partial charge in [-0.2, -0.15) is 0 Å². The second kappa shape index (κ2) is 5.63. The summed E-state index contributed by atoms with van der Waals surface area (Å²) in [6, 6.07) is 13.3. The quantitative estimate of drug-likeness (QED) is 0.486. The van der Waals surface area contributed by atoms with Crippen LogP contribution in [-0.4, -0.2) is 10.7 Å². The Morgan fingerprint density at radius 1 is 1.16 bits per heavy atom. The van der Waals surface area contributed by atoms with Crippen LogP contribution in [0.2, 0.25) is 5.02 Å². The number of hydrogen-bond acceptors (Lipinski definition) is 3. The first-order valence-electron chi connectivity index (χ1n) is 5.59. The highest BCUT2D eigenvalue weighted by molar-refractivity contribution is 6.32. The van der Waals surface area contributed by atoms with Crippen molar-refractivity contribution < 1.29 is 9.72 Å². The van der Waals surface area contributed by atoms with Gasteiger partial charge in [-0.1, -0.05) is 41.9 Å². The zero-order valence-corrected chi connectivity index (χ0v) is 10.6. The van der Waals surface area contributed by atoms with Crippen molar-refractivity contribution in [3.63, 3.8) is 0 Å². The summed E-state index contributed by atoms with van der Waals surface area (Å²) >= 11 is 5.70. The molecule has 4 nitrogen and oxygen atoms in total. The average molecular weight is 276 g/mol. The van der Waals surface area contributed by atoms with E-state index in [1.807, 2.05) is 30.3 Å². The highest BCUT2D eigenvalue weighted by Gasteiger charge is 2.16. The number of nitro benzene ring substituents is 1. The minimum Gasteiger partial charge on any atom is -0.294 e. The second-order valence-electron chi connectivity index (χ2n) is 4.01. The lowest BCUT2D eigenvalue weighted by molar-refractivity contribution is -0.384. The molecule has 0 spiro atoms. The zero-order valence-electron chi connectivity index (χ0n) is 9.88. The minimum atomic E-state index is -0.596. The van der Waals surface area contributed by atoms with Crippen LogP contribution in [0.1, 0.15) is 15.9 Å². The molecule has 0 saturated heterocycles. The first-order valence-corrected chi connectivity index (χ1v) is 5.97. The number of ketones is 1. The van der Waals surface area contributed by atoms with Gasteiger partial charge in [0.15, 0.2) is 5.78 Å². The minimum absolute atomic E-state index is 0.0289. The monoisotopic (exact) mass is 275 g/mol. The van der Waals surface area contributed by atoms with Crippen molar-refractivity contribution in [2.24, 2.45) is 0 Å². The van der Waals surface area contributed by atoms with Crippen LogP contribution in [0.25, 0.3) is 0 Å². The zero-order chi connectivity index (χ0) is 13.8. The van der Waals surface area contributed by atoms with E-state index in [1.54, 1.807) is 0 Å². The van der Waals surface area contributed by atoms with Crippen LogP contribution in [0.15, 0.2) is 48.5 Å². The molecule has 0 fully saturated rings. The number of nitro groups is 1. The molecule has 2 aromatic rings. The van der Waals surface area contributed by atoms with Crippen molar-refractivity contribution in [1.82, 2.24) is 0 Å². The van der Waals surface area contributed by atoms with E-state index in [9.17, 15) is 14.9 Å². The summed E-state index contributed by atoms with van der Waals surface area (Å²) in [6.07, 6.45) is 0.208. The molecule has 0 saturated carbocycles. The maximum absolute atomic E-state index is 12.0. The molecule has 0 bridgehead atoms. The number of benzene rings is 2. The van der Waals surface area contributed by atoms with Crippen LogP contribution in [-0.2, 0) is 6.42 Å². The van der Waals surface area contributed by atoms with Crippen molar-refractivity contribution in [3.8, 4) is 0 Å². The summed E-state index contributed by atoms with van der Waals surface area (Å²) in [5.41, 5.74) is 0.908. The topological polar surface area (TPSA) is 60.2 Å². The molecule has 5 heteroatoms. The molecule has 0 unspecified atom stereocenters. The molecule has 0 aliphatic carbocycles. The normalized spacial score (nSPS) is 10.2. The van der Waals surface area contributed by atoms with Gasteiger partial charge < -0.3 is 0 Å². The van der Waals surface area contributed by atoms with Crippen LogP contribution in [0.4, 0.5) is 5.69 Å². The average Bonchev–Trinajstić information content (AvgIpc) is 2.40. The third-order valence-corrected chi connectivity index (χ3v) is 2.99. The van der Waals surface area contributed by atoms with Gasteiger partial charge in [-0.15, -0.1) is 0 Å². The van der Waals surface area contributed by atoms with E-state index in [-0.39, 0.29) is 22.9 Å². The van der Waals surface area contributed by atoms with E-state index in [2.05, 4.69) is 0 Å². The predicted octanol–water partition coefficient (Wildman–Crippen LogP) is 3.67. The molecule has 0 aliphatic rings. The smallest absolute Gasteiger partial charge is 0.288 e. The predicted molar refractivity (Wildman–Crippen MR) is 72.6 cm³/mol. The van der Waals surface area contributed by atoms with Crippen LogP contribution in [0, 0.1) is 10.1 Å². The van der Waals surface area contributed by atoms with Crippen molar-refractivity contribution in [2.75, 3.05) is 0 Å². The number of Topliss-reactive ketones (excluding diaryl/α,β-unsaturated/α-hetero) is 1. The molecule has 0 radical (unpaired) electrons. The largest absolute Gasteiger partial charge is 0.294 e. The van der Waals surface area contributed by atoms with Gasteiger partial charge in [0.2, 0.25) is 0 Å². The Bertz CT molecular complexity index is 626. The lowest BCUT2D eigenvalue weighted by Crippen LogP contribution is -2.04. The number of carbonyl (C=O) groups excluding carboxylic acids is 1. The summed E-state index contributed by atoms with van der Waals surface area (Å²) in [7, 11) is 0. The Kier molecular flexibility index (Phi) is 3.92. The van der Waals surface area contributed by atoms with Crippen LogP contribution in [0.5, 0.6) is 0 Å². The van der Waals surface area contributed by atoms with Gasteiger partial charge in [0.1, 0.15) is 5.02 Å². The van der Waals surface area contributed by atoms with Crippen LogP contribution in [0.3, 0.4) is 0 Å². The summed E-state index contributed by atoms with van der Waals surface area (Å²) in [5.74, 6) is -0.175. The van der Waals surface area contributed by atoms with Gasteiger partial charge in [0, 0.05) is 18.1 Å². The number of halogens is 1. The maximum Gasteiger partial charge on any atom is 0.288 e.